The average molecular weight is 601 g/mol. The summed E-state index contributed by atoms with van der Waals surface area (Å²) in [6.07, 6.45) is 2.11. The average Bonchev–Trinajstić information content (AvgIpc) is 2.89. The summed E-state index contributed by atoms with van der Waals surface area (Å²) in [4.78, 5) is 29.0. The van der Waals surface area contributed by atoms with E-state index in [0.717, 1.165) is 33.7 Å². The van der Waals surface area contributed by atoms with Gasteiger partial charge in [0.05, 0.1) is 11.9 Å². The molecule has 1 atom stereocenters. The Morgan fingerprint density at radius 1 is 0.947 bits per heavy atom. The van der Waals surface area contributed by atoms with E-state index in [9.17, 15) is 18.0 Å². The highest BCUT2D eigenvalue weighted by Gasteiger charge is 2.33. The molecule has 0 saturated carbocycles. The molecule has 3 aromatic rings. The maximum absolute atomic E-state index is 14.0. The minimum absolute atomic E-state index is 0.163. The molecule has 0 heterocycles. The highest BCUT2D eigenvalue weighted by atomic mass is 79.9. The quantitative estimate of drug-likeness (QED) is 0.327. The summed E-state index contributed by atoms with van der Waals surface area (Å²) in [6, 6.07) is 23.2. The summed E-state index contributed by atoms with van der Waals surface area (Å²) in [5, 5.41) is 2.94. The maximum Gasteiger partial charge on any atom is 0.244 e. The van der Waals surface area contributed by atoms with Gasteiger partial charge in [0.25, 0.3) is 0 Å². The van der Waals surface area contributed by atoms with Crippen molar-refractivity contribution < 1.29 is 18.0 Å². The number of sulfonamides is 1. The molecule has 2 amide bonds. The molecule has 0 aliphatic carbocycles. The lowest BCUT2D eigenvalue weighted by molar-refractivity contribution is -0.140. The first kappa shape index (κ1) is 29.4. The third-order valence-corrected chi connectivity index (χ3v) is 8.02. The van der Waals surface area contributed by atoms with E-state index in [1.165, 1.54) is 4.90 Å². The van der Waals surface area contributed by atoms with E-state index in [-0.39, 0.29) is 12.5 Å². The molecule has 9 heteroatoms. The summed E-state index contributed by atoms with van der Waals surface area (Å²) < 4.78 is 27.3. The predicted molar refractivity (Wildman–Crippen MR) is 155 cm³/mol. The molecule has 0 radical (unpaired) electrons. The van der Waals surface area contributed by atoms with Crippen molar-refractivity contribution >= 4 is 43.5 Å². The number of aryl methyl sites for hydroxylation is 1. The van der Waals surface area contributed by atoms with E-state index in [1.807, 2.05) is 68.4 Å². The first-order valence-corrected chi connectivity index (χ1v) is 15.1. The normalized spacial score (nSPS) is 12.0. The third-order valence-electron chi connectivity index (χ3n) is 6.22. The van der Waals surface area contributed by atoms with Gasteiger partial charge in [0.2, 0.25) is 21.8 Å². The van der Waals surface area contributed by atoms with Gasteiger partial charge in [0, 0.05) is 24.0 Å². The Kier molecular flexibility index (Phi) is 10.5. The van der Waals surface area contributed by atoms with Gasteiger partial charge in [0.1, 0.15) is 12.6 Å². The van der Waals surface area contributed by atoms with Crippen molar-refractivity contribution in [1.82, 2.24) is 10.2 Å². The van der Waals surface area contributed by atoms with Crippen LogP contribution in [0.1, 0.15) is 30.0 Å². The largest absolute Gasteiger partial charge is 0.354 e. The Labute approximate surface area is 234 Å². The van der Waals surface area contributed by atoms with E-state index in [4.69, 9.17) is 0 Å². The molecule has 0 fully saturated rings. The summed E-state index contributed by atoms with van der Waals surface area (Å²) >= 11 is 3.41. The molecule has 0 aliphatic rings. The minimum Gasteiger partial charge on any atom is -0.354 e. The number of amides is 2. The van der Waals surface area contributed by atoms with Crippen LogP contribution in [0, 0.1) is 6.92 Å². The van der Waals surface area contributed by atoms with Gasteiger partial charge >= 0.3 is 0 Å². The second kappa shape index (κ2) is 13.6. The molecule has 3 aromatic carbocycles. The van der Waals surface area contributed by atoms with Crippen LogP contribution in [0.3, 0.4) is 0 Å². The fourth-order valence-electron chi connectivity index (χ4n) is 4.14. The van der Waals surface area contributed by atoms with Crippen molar-refractivity contribution in [2.75, 3.05) is 23.7 Å². The standard InChI is InChI=1S/C29H34BrN3O4S/c1-4-18-31-29(35)27(19-23-13-6-5-7-14-23)32(20-24-15-9-8-12-22(24)2)28(34)21-33(38(3,36)37)26-17-11-10-16-25(26)30/h5-17,27H,4,18-21H2,1-3H3,(H,31,35)/t27-/m0/s1. The molecule has 0 aliphatic heterocycles. The Bertz CT molecular complexity index is 1350. The summed E-state index contributed by atoms with van der Waals surface area (Å²) in [5.74, 6) is -0.744. The lowest BCUT2D eigenvalue weighted by Crippen LogP contribution is -2.53. The molecule has 3 rings (SSSR count). The Balaban J connectivity index is 2.06. The van der Waals surface area contributed by atoms with Crippen LogP contribution < -0.4 is 9.62 Å². The molecule has 202 valence electrons. The van der Waals surface area contributed by atoms with Crippen molar-refractivity contribution in [3.8, 4) is 0 Å². The number of carbonyl (C=O) groups is 2. The molecule has 7 nitrogen and oxygen atoms in total. The van der Waals surface area contributed by atoms with Crippen molar-refractivity contribution in [2.45, 2.75) is 39.3 Å². The molecular formula is C29H34BrN3O4S. The molecule has 0 unspecified atom stereocenters. The molecule has 0 spiro atoms. The van der Waals surface area contributed by atoms with Gasteiger partial charge < -0.3 is 10.2 Å². The molecule has 1 N–H and O–H groups in total. The zero-order valence-electron chi connectivity index (χ0n) is 21.9. The Hall–Kier alpha value is -3.17. The number of halogens is 1. The summed E-state index contributed by atoms with van der Waals surface area (Å²) in [7, 11) is -3.81. The van der Waals surface area contributed by atoms with Crippen LogP contribution in [0.5, 0.6) is 0 Å². The highest BCUT2D eigenvalue weighted by Crippen LogP contribution is 2.28. The lowest BCUT2D eigenvalue weighted by atomic mass is 10.0. The van der Waals surface area contributed by atoms with Gasteiger partial charge in [-0.15, -0.1) is 0 Å². The smallest absolute Gasteiger partial charge is 0.244 e. The van der Waals surface area contributed by atoms with E-state index in [1.54, 1.807) is 24.3 Å². The first-order chi connectivity index (χ1) is 18.1. The van der Waals surface area contributed by atoms with Crippen LogP contribution in [0.4, 0.5) is 5.69 Å². The van der Waals surface area contributed by atoms with Crippen LogP contribution in [-0.4, -0.2) is 50.5 Å². The molecule has 0 bridgehead atoms. The predicted octanol–water partition coefficient (Wildman–Crippen LogP) is 4.69. The van der Waals surface area contributed by atoms with E-state index in [2.05, 4.69) is 21.2 Å². The van der Waals surface area contributed by atoms with Gasteiger partial charge in [-0.05, 0) is 58.1 Å². The number of para-hydroxylation sites is 1. The van der Waals surface area contributed by atoms with Crippen molar-refractivity contribution in [2.24, 2.45) is 0 Å². The highest BCUT2D eigenvalue weighted by molar-refractivity contribution is 9.10. The minimum atomic E-state index is -3.81. The topological polar surface area (TPSA) is 86.8 Å². The second-order valence-corrected chi connectivity index (χ2v) is 11.9. The van der Waals surface area contributed by atoms with Gasteiger partial charge in [0.15, 0.2) is 0 Å². The first-order valence-electron chi connectivity index (χ1n) is 12.5. The number of rotatable bonds is 12. The number of hydrogen-bond donors (Lipinski definition) is 1. The van der Waals surface area contributed by atoms with Crippen LogP contribution in [0.2, 0.25) is 0 Å². The van der Waals surface area contributed by atoms with E-state index < -0.39 is 28.5 Å². The molecular weight excluding hydrogens is 566 g/mol. The van der Waals surface area contributed by atoms with E-state index in [0.29, 0.717) is 23.1 Å². The monoisotopic (exact) mass is 599 g/mol. The van der Waals surface area contributed by atoms with Gasteiger partial charge in [-0.2, -0.15) is 0 Å². The van der Waals surface area contributed by atoms with Crippen LogP contribution in [0.15, 0.2) is 83.3 Å². The fourth-order valence-corrected chi connectivity index (χ4v) is 5.62. The zero-order valence-corrected chi connectivity index (χ0v) is 24.3. The number of nitrogens with one attached hydrogen (secondary N) is 1. The summed E-state index contributed by atoms with van der Waals surface area (Å²) in [6.45, 7) is 4.11. The molecule has 38 heavy (non-hydrogen) atoms. The van der Waals surface area contributed by atoms with Gasteiger partial charge in [-0.25, -0.2) is 8.42 Å². The molecule has 0 saturated heterocycles. The van der Waals surface area contributed by atoms with Crippen molar-refractivity contribution in [3.63, 3.8) is 0 Å². The number of nitrogens with zero attached hydrogens (tertiary/aromatic N) is 2. The zero-order chi connectivity index (χ0) is 27.7. The third kappa shape index (κ3) is 7.91. The van der Waals surface area contributed by atoms with Crippen LogP contribution in [-0.2, 0) is 32.6 Å². The molecule has 0 aromatic heterocycles. The lowest BCUT2D eigenvalue weighted by Gasteiger charge is -2.34. The SMILES string of the molecule is CCCNC(=O)[C@H](Cc1ccccc1)N(Cc1ccccc1C)C(=O)CN(c1ccccc1Br)S(C)(=O)=O. The van der Waals surface area contributed by atoms with Gasteiger partial charge in [-0.1, -0.05) is 73.7 Å². The van der Waals surface area contributed by atoms with E-state index >= 15 is 0 Å². The summed E-state index contributed by atoms with van der Waals surface area (Å²) in [5.41, 5.74) is 3.12. The fraction of sp³-hybridized carbons (Fsp3) is 0.310. The van der Waals surface area contributed by atoms with Gasteiger partial charge in [-0.3, -0.25) is 13.9 Å². The van der Waals surface area contributed by atoms with Crippen molar-refractivity contribution in [3.05, 3.63) is 100 Å². The van der Waals surface area contributed by atoms with Crippen molar-refractivity contribution in [1.29, 1.82) is 0 Å². The second-order valence-electron chi connectivity index (χ2n) is 9.17. The number of anilines is 1. The van der Waals surface area contributed by atoms with Crippen LogP contribution >= 0.6 is 15.9 Å². The van der Waals surface area contributed by atoms with Crippen LogP contribution in [0.25, 0.3) is 0 Å². The maximum atomic E-state index is 14.0. The number of hydrogen-bond acceptors (Lipinski definition) is 4. The number of carbonyl (C=O) groups excluding carboxylic acids is 2. The number of benzene rings is 3. The Morgan fingerprint density at radius 3 is 2.21 bits per heavy atom. The Morgan fingerprint density at radius 2 is 1.58 bits per heavy atom.